The van der Waals surface area contributed by atoms with Gasteiger partial charge in [-0.1, -0.05) is 0 Å². The van der Waals surface area contributed by atoms with Crippen LogP contribution in [0.2, 0.25) is 0 Å². The second-order valence-electron chi connectivity index (χ2n) is 4.16. The standard InChI is InChI=1S/C15H15NO4S/c1-21-13-6-4-11(5-7-13)15(18)20-10-14(17)16-9-12-3-2-8-19-12/h2-8H,9-10H2,1H3,(H,16,17). The Kier molecular flexibility index (Phi) is 5.45. The minimum Gasteiger partial charge on any atom is -0.467 e. The zero-order valence-corrected chi connectivity index (χ0v) is 12.3. The summed E-state index contributed by atoms with van der Waals surface area (Å²) in [6.45, 7) is -0.0460. The van der Waals surface area contributed by atoms with Crippen LogP contribution in [0, 0.1) is 0 Å². The van der Waals surface area contributed by atoms with Crippen molar-refractivity contribution >= 4 is 23.6 Å². The second kappa shape index (κ2) is 7.54. The molecule has 1 aromatic heterocycles. The molecule has 2 rings (SSSR count). The molecule has 6 heteroatoms. The van der Waals surface area contributed by atoms with E-state index in [0.717, 1.165) is 4.90 Å². The van der Waals surface area contributed by atoms with Crippen molar-refractivity contribution < 1.29 is 18.7 Å². The predicted octanol–water partition coefficient (Wildman–Crippen LogP) is 2.47. The van der Waals surface area contributed by atoms with Crippen molar-refractivity contribution in [1.82, 2.24) is 5.32 Å². The van der Waals surface area contributed by atoms with Gasteiger partial charge in [-0.25, -0.2) is 4.79 Å². The maximum absolute atomic E-state index is 11.8. The number of ether oxygens (including phenoxy) is 1. The number of hydrogen-bond donors (Lipinski definition) is 1. The van der Waals surface area contributed by atoms with E-state index in [4.69, 9.17) is 9.15 Å². The van der Waals surface area contributed by atoms with Gasteiger partial charge in [0.05, 0.1) is 18.4 Å². The molecule has 0 fully saturated rings. The van der Waals surface area contributed by atoms with E-state index >= 15 is 0 Å². The molecular weight excluding hydrogens is 290 g/mol. The Balaban J connectivity index is 1.76. The molecule has 110 valence electrons. The third-order valence-electron chi connectivity index (χ3n) is 2.70. The third kappa shape index (κ3) is 4.68. The monoisotopic (exact) mass is 305 g/mol. The number of rotatable bonds is 6. The van der Waals surface area contributed by atoms with Gasteiger partial charge in [-0.2, -0.15) is 0 Å². The van der Waals surface area contributed by atoms with E-state index in [2.05, 4.69) is 5.32 Å². The average molecular weight is 305 g/mol. The Hall–Kier alpha value is -2.21. The number of hydrogen-bond acceptors (Lipinski definition) is 5. The number of furan rings is 1. The van der Waals surface area contributed by atoms with Crippen LogP contribution in [0.1, 0.15) is 16.1 Å². The highest BCUT2D eigenvalue weighted by Gasteiger charge is 2.10. The van der Waals surface area contributed by atoms with Crippen molar-refractivity contribution in [2.24, 2.45) is 0 Å². The van der Waals surface area contributed by atoms with E-state index in [9.17, 15) is 9.59 Å². The van der Waals surface area contributed by atoms with Crippen molar-refractivity contribution in [2.75, 3.05) is 12.9 Å². The number of amides is 1. The number of carbonyl (C=O) groups excluding carboxylic acids is 2. The summed E-state index contributed by atoms with van der Waals surface area (Å²) in [5.74, 6) is -0.251. The maximum Gasteiger partial charge on any atom is 0.338 e. The lowest BCUT2D eigenvalue weighted by Crippen LogP contribution is -2.28. The van der Waals surface area contributed by atoms with Crippen LogP contribution in [-0.4, -0.2) is 24.7 Å². The molecule has 21 heavy (non-hydrogen) atoms. The number of benzene rings is 1. The first-order valence-electron chi connectivity index (χ1n) is 6.29. The highest BCUT2D eigenvalue weighted by molar-refractivity contribution is 7.98. The summed E-state index contributed by atoms with van der Waals surface area (Å²) in [4.78, 5) is 24.4. The molecular formula is C15H15NO4S. The van der Waals surface area contributed by atoms with E-state index in [-0.39, 0.29) is 19.1 Å². The third-order valence-corrected chi connectivity index (χ3v) is 3.44. The lowest BCUT2D eigenvalue weighted by atomic mass is 10.2. The first-order valence-corrected chi connectivity index (χ1v) is 7.52. The Morgan fingerprint density at radius 1 is 1.24 bits per heavy atom. The van der Waals surface area contributed by atoms with Gasteiger partial charge in [-0.15, -0.1) is 11.8 Å². The zero-order chi connectivity index (χ0) is 15.1. The SMILES string of the molecule is CSc1ccc(C(=O)OCC(=O)NCc2ccco2)cc1. The Morgan fingerprint density at radius 2 is 2.00 bits per heavy atom. The summed E-state index contributed by atoms with van der Waals surface area (Å²) in [7, 11) is 0. The summed E-state index contributed by atoms with van der Waals surface area (Å²) in [5, 5.41) is 2.60. The topological polar surface area (TPSA) is 68.5 Å². The van der Waals surface area contributed by atoms with Crippen LogP contribution < -0.4 is 5.32 Å². The summed E-state index contributed by atoms with van der Waals surface area (Å²) < 4.78 is 10.0. The van der Waals surface area contributed by atoms with Crippen LogP contribution in [0.15, 0.2) is 52.0 Å². The smallest absolute Gasteiger partial charge is 0.338 e. The fourth-order valence-corrected chi connectivity index (χ4v) is 2.00. The lowest BCUT2D eigenvalue weighted by molar-refractivity contribution is -0.124. The van der Waals surface area contributed by atoms with Crippen LogP contribution in [-0.2, 0) is 16.1 Å². The van der Waals surface area contributed by atoms with Gasteiger partial charge in [0.25, 0.3) is 5.91 Å². The highest BCUT2D eigenvalue weighted by atomic mass is 32.2. The van der Waals surface area contributed by atoms with Gasteiger partial charge >= 0.3 is 5.97 Å². The van der Waals surface area contributed by atoms with Gasteiger partial charge in [-0.05, 0) is 42.7 Å². The van der Waals surface area contributed by atoms with Crippen LogP contribution in [0.4, 0.5) is 0 Å². The molecule has 5 nitrogen and oxygen atoms in total. The Bertz CT molecular complexity index is 593. The lowest BCUT2D eigenvalue weighted by Gasteiger charge is -2.06. The van der Waals surface area contributed by atoms with Crippen LogP contribution in [0.3, 0.4) is 0 Å². The molecule has 0 aliphatic carbocycles. The molecule has 0 spiro atoms. The van der Waals surface area contributed by atoms with E-state index < -0.39 is 5.97 Å². The minimum atomic E-state index is -0.518. The fourth-order valence-electron chi connectivity index (χ4n) is 1.59. The molecule has 0 bridgehead atoms. The summed E-state index contributed by atoms with van der Waals surface area (Å²) in [5.41, 5.74) is 0.423. The van der Waals surface area contributed by atoms with Gasteiger partial charge in [0.2, 0.25) is 0 Å². The Morgan fingerprint density at radius 3 is 2.62 bits per heavy atom. The molecule has 0 atom stereocenters. The van der Waals surface area contributed by atoms with Gasteiger partial charge in [-0.3, -0.25) is 4.79 Å². The van der Waals surface area contributed by atoms with Gasteiger partial charge in [0.15, 0.2) is 6.61 Å². The van der Waals surface area contributed by atoms with Crippen LogP contribution in [0.25, 0.3) is 0 Å². The maximum atomic E-state index is 11.8. The number of esters is 1. The van der Waals surface area contributed by atoms with Crippen LogP contribution in [0.5, 0.6) is 0 Å². The minimum absolute atomic E-state index is 0.270. The molecule has 0 radical (unpaired) electrons. The van der Waals surface area contributed by atoms with Crippen molar-refractivity contribution in [3.63, 3.8) is 0 Å². The zero-order valence-electron chi connectivity index (χ0n) is 11.5. The molecule has 0 saturated carbocycles. The molecule has 0 saturated heterocycles. The largest absolute Gasteiger partial charge is 0.467 e. The number of thioether (sulfide) groups is 1. The summed E-state index contributed by atoms with van der Waals surface area (Å²) in [6.07, 6.45) is 3.48. The van der Waals surface area contributed by atoms with E-state index in [1.54, 1.807) is 36.0 Å². The van der Waals surface area contributed by atoms with E-state index in [0.29, 0.717) is 11.3 Å². The first kappa shape index (κ1) is 15.2. The van der Waals surface area contributed by atoms with Crippen LogP contribution >= 0.6 is 11.8 Å². The molecule has 1 N–H and O–H groups in total. The molecule has 1 aromatic carbocycles. The quantitative estimate of drug-likeness (QED) is 0.656. The van der Waals surface area contributed by atoms with Crippen molar-refractivity contribution in [2.45, 2.75) is 11.4 Å². The van der Waals surface area contributed by atoms with Gasteiger partial charge in [0.1, 0.15) is 5.76 Å². The summed E-state index contributed by atoms with van der Waals surface area (Å²) >= 11 is 1.59. The normalized spacial score (nSPS) is 10.1. The molecule has 0 aliphatic rings. The van der Waals surface area contributed by atoms with E-state index in [1.807, 2.05) is 18.4 Å². The van der Waals surface area contributed by atoms with E-state index in [1.165, 1.54) is 6.26 Å². The summed E-state index contributed by atoms with van der Waals surface area (Å²) in [6, 6.07) is 10.5. The Labute approximate surface area is 126 Å². The fraction of sp³-hybridized carbons (Fsp3) is 0.200. The molecule has 2 aromatic rings. The van der Waals surface area contributed by atoms with Gasteiger partial charge in [0, 0.05) is 4.90 Å². The van der Waals surface area contributed by atoms with Crippen molar-refractivity contribution in [3.8, 4) is 0 Å². The highest BCUT2D eigenvalue weighted by Crippen LogP contribution is 2.15. The average Bonchev–Trinajstić information content (AvgIpc) is 3.04. The number of nitrogens with one attached hydrogen (secondary N) is 1. The molecule has 0 aliphatic heterocycles. The first-order chi connectivity index (χ1) is 10.2. The molecule has 0 unspecified atom stereocenters. The second-order valence-corrected chi connectivity index (χ2v) is 5.04. The van der Waals surface area contributed by atoms with Crippen molar-refractivity contribution in [3.05, 3.63) is 54.0 Å². The molecule has 1 heterocycles. The predicted molar refractivity (Wildman–Crippen MR) is 79.1 cm³/mol. The number of carbonyl (C=O) groups is 2. The van der Waals surface area contributed by atoms with Crippen molar-refractivity contribution in [1.29, 1.82) is 0 Å². The van der Waals surface area contributed by atoms with Gasteiger partial charge < -0.3 is 14.5 Å². The molecule has 1 amide bonds.